The van der Waals surface area contributed by atoms with Crippen molar-refractivity contribution in [2.45, 2.75) is 24.3 Å². The van der Waals surface area contributed by atoms with E-state index in [2.05, 4.69) is 5.32 Å². The minimum absolute atomic E-state index is 0.0929. The van der Waals surface area contributed by atoms with Gasteiger partial charge >= 0.3 is 0 Å². The number of hydrogen-bond acceptors (Lipinski definition) is 4. The number of hydrogen-bond donors (Lipinski definition) is 1. The molecular formula is C24H24N2O4S. The molecule has 0 saturated heterocycles. The van der Waals surface area contributed by atoms with Gasteiger partial charge in [0.25, 0.3) is 15.9 Å². The van der Waals surface area contributed by atoms with Gasteiger partial charge < -0.3 is 10.1 Å². The average molecular weight is 437 g/mol. The van der Waals surface area contributed by atoms with Gasteiger partial charge in [-0.2, -0.15) is 0 Å². The number of anilines is 1. The van der Waals surface area contributed by atoms with Crippen LogP contribution in [0.2, 0.25) is 0 Å². The molecule has 1 N–H and O–H groups in total. The van der Waals surface area contributed by atoms with Gasteiger partial charge in [-0.3, -0.25) is 9.10 Å². The molecule has 6 nitrogen and oxygen atoms in total. The Labute approximate surface area is 182 Å². The second-order valence-electron chi connectivity index (χ2n) is 7.45. The summed E-state index contributed by atoms with van der Waals surface area (Å²) < 4.78 is 33.9. The zero-order chi connectivity index (χ0) is 21.8. The van der Waals surface area contributed by atoms with Gasteiger partial charge in [-0.1, -0.05) is 60.2 Å². The van der Waals surface area contributed by atoms with Crippen LogP contribution in [-0.4, -0.2) is 33.5 Å². The van der Waals surface area contributed by atoms with Gasteiger partial charge in [0.15, 0.2) is 6.10 Å². The van der Waals surface area contributed by atoms with Crippen molar-refractivity contribution in [1.82, 2.24) is 5.32 Å². The third-order valence-electron chi connectivity index (χ3n) is 5.19. The predicted octanol–water partition coefficient (Wildman–Crippen LogP) is 3.31. The highest BCUT2D eigenvalue weighted by Gasteiger charge is 2.37. The Bertz CT molecular complexity index is 1160. The first-order valence-corrected chi connectivity index (χ1v) is 11.6. The van der Waals surface area contributed by atoms with Crippen molar-refractivity contribution in [1.29, 1.82) is 0 Å². The molecule has 0 saturated carbocycles. The number of amides is 1. The number of sulfonamides is 1. The molecular weight excluding hydrogens is 412 g/mol. The molecule has 1 aliphatic heterocycles. The molecule has 7 heteroatoms. The summed E-state index contributed by atoms with van der Waals surface area (Å²) >= 11 is 0. The first-order chi connectivity index (χ1) is 14.9. The number of para-hydroxylation sites is 2. The van der Waals surface area contributed by atoms with E-state index in [1.54, 1.807) is 48.5 Å². The summed E-state index contributed by atoms with van der Waals surface area (Å²) in [4.78, 5) is 13.0. The Morgan fingerprint density at radius 1 is 1.00 bits per heavy atom. The monoisotopic (exact) mass is 436 g/mol. The number of carbonyl (C=O) groups is 1. The quantitative estimate of drug-likeness (QED) is 0.643. The zero-order valence-corrected chi connectivity index (χ0v) is 18.0. The van der Waals surface area contributed by atoms with E-state index in [1.165, 1.54) is 4.31 Å². The van der Waals surface area contributed by atoms with Gasteiger partial charge in [-0.15, -0.1) is 0 Å². The zero-order valence-electron chi connectivity index (χ0n) is 17.2. The summed E-state index contributed by atoms with van der Waals surface area (Å²) in [5.41, 5.74) is 2.51. The molecule has 0 spiro atoms. The Morgan fingerprint density at radius 2 is 1.68 bits per heavy atom. The van der Waals surface area contributed by atoms with Crippen molar-refractivity contribution in [2.75, 3.05) is 17.4 Å². The van der Waals surface area contributed by atoms with Crippen LogP contribution in [0.4, 0.5) is 5.69 Å². The topological polar surface area (TPSA) is 75.7 Å². The fourth-order valence-corrected chi connectivity index (χ4v) is 4.97. The Morgan fingerprint density at radius 3 is 2.42 bits per heavy atom. The largest absolute Gasteiger partial charge is 0.476 e. The molecule has 0 bridgehead atoms. The Balaban J connectivity index is 1.54. The first kappa shape index (κ1) is 20.9. The van der Waals surface area contributed by atoms with Crippen molar-refractivity contribution < 1.29 is 17.9 Å². The lowest BCUT2D eigenvalue weighted by atomic mass is 10.1. The molecule has 0 fully saturated rings. The molecule has 0 radical (unpaired) electrons. The van der Waals surface area contributed by atoms with Crippen molar-refractivity contribution in [3.05, 3.63) is 90.0 Å². The highest BCUT2D eigenvalue weighted by Crippen LogP contribution is 2.36. The lowest BCUT2D eigenvalue weighted by Gasteiger charge is -2.34. The molecule has 0 aromatic heterocycles. The minimum atomic E-state index is -3.85. The lowest BCUT2D eigenvalue weighted by Crippen LogP contribution is -2.51. The van der Waals surface area contributed by atoms with Crippen LogP contribution in [0.25, 0.3) is 0 Å². The molecule has 3 aromatic rings. The van der Waals surface area contributed by atoms with Crippen molar-refractivity contribution in [3.63, 3.8) is 0 Å². The van der Waals surface area contributed by atoms with Gasteiger partial charge in [0, 0.05) is 6.54 Å². The molecule has 1 unspecified atom stereocenters. The highest BCUT2D eigenvalue weighted by atomic mass is 32.2. The summed E-state index contributed by atoms with van der Waals surface area (Å²) in [6.45, 7) is 2.25. The molecule has 1 heterocycles. The SMILES string of the molecule is Cc1ccc(S(=O)(=O)N2CC(C(=O)NCCc3ccccc3)Oc3ccccc32)cc1. The number of benzene rings is 3. The van der Waals surface area contributed by atoms with Gasteiger partial charge in [-0.25, -0.2) is 8.42 Å². The standard InChI is InChI=1S/C24H24N2O4S/c1-18-11-13-20(14-12-18)31(28,29)26-17-23(30-22-10-6-5-9-21(22)26)24(27)25-16-15-19-7-3-2-4-8-19/h2-14,23H,15-17H2,1H3,(H,25,27). The number of ether oxygens (including phenoxy) is 1. The molecule has 1 aliphatic rings. The second kappa shape index (κ2) is 8.81. The molecule has 4 rings (SSSR count). The van der Waals surface area contributed by atoms with E-state index < -0.39 is 16.1 Å². The predicted molar refractivity (Wildman–Crippen MR) is 120 cm³/mol. The van der Waals surface area contributed by atoms with E-state index in [0.717, 1.165) is 11.1 Å². The average Bonchev–Trinajstić information content (AvgIpc) is 2.79. The maximum atomic E-state index is 13.4. The summed E-state index contributed by atoms with van der Waals surface area (Å²) in [6.07, 6.45) is -0.257. The fourth-order valence-electron chi connectivity index (χ4n) is 3.49. The van der Waals surface area contributed by atoms with Gasteiger partial charge in [0.2, 0.25) is 0 Å². The number of nitrogens with zero attached hydrogens (tertiary/aromatic N) is 1. The molecule has 0 aliphatic carbocycles. The number of fused-ring (bicyclic) bond motifs is 1. The normalized spacial score (nSPS) is 15.6. The van der Waals surface area contributed by atoms with Crippen LogP contribution in [0, 0.1) is 6.92 Å². The van der Waals surface area contributed by atoms with E-state index >= 15 is 0 Å². The Hall–Kier alpha value is -3.32. The second-order valence-corrected chi connectivity index (χ2v) is 9.31. The molecule has 1 amide bonds. The van der Waals surface area contributed by atoms with Crippen molar-refractivity contribution >= 4 is 21.6 Å². The number of rotatable bonds is 6. The van der Waals surface area contributed by atoms with Crippen LogP contribution in [-0.2, 0) is 21.2 Å². The first-order valence-electron chi connectivity index (χ1n) is 10.1. The highest BCUT2D eigenvalue weighted by molar-refractivity contribution is 7.92. The van der Waals surface area contributed by atoms with Crippen LogP contribution < -0.4 is 14.4 Å². The molecule has 160 valence electrons. The van der Waals surface area contributed by atoms with Gasteiger partial charge in [0.05, 0.1) is 17.1 Å². The summed E-state index contributed by atoms with van der Waals surface area (Å²) in [6, 6.07) is 23.4. The molecule has 1 atom stereocenters. The van der Waals surface area contributed by atoms with E-state index in [9.17, 15) is 13.2 Å². The number of nitrogens with one attached hydrogen (secondary N) is 1. The maximum Gasteiger partial charge on any atom is 0.264 e. The van der Waals surface area contributed by atoms with Gasteiger partial charge in [-0.05, 0) is 43.2 Å². The number of carbonyl (C=O) groups excluding carboxylic acids is 1. The molecule has 31 heavy (non-hydrogen) atoms. The maximum absolute atomic E-state index is 13.4. The van der Waals surface area contributed by atoms with E-state index in [4.69, 9.17) is 4.74 Å². The van der Waals surface area contributed by atoms with Gasteiger partial charge in [0.1, 0.15) is 5.75 Å². The van der Waals surface area contributed by atoms with Crippen LogP contribution in [0.1, 0.15) is 11.1 Å². The lowest BCUT2D eigenvalue weighted by molar-refractivity contribution is -0.127. The smallest absolute Gasteiger partial charge is 0.264 e. The van der Waals surface area contributed by atoms with Crippen LogP contribution in [0.3, 0.4) is 0 Å². The van der Waals surface area contributed by atoms with Crippen LogP contribution >= 0.6 is 0 Å². The third-order valence-corrected chi connectivity index (χ3v) is 6.99. The summed E-state index contributed by atoms with van der Waals surface area (Å²) in [5.74, 6) is 0.0298. The fraction of sp³-hybridized carbons (Fsp3) is 0.208. The molecule has 3 aromatic carbocycles. The third kappa shape index (κ3) is 4.56. The van der Waals surface area contributed by atoms with E-state index in [0.29, 0.717) is 24.4 Å². The minimum Gasteiger partial charge on any atom is -0.476 e. The van der Waals surface area contributed by atoms with Crippen LogP contribution in [0.15, 0.2) is 83.8 Å². The van der Waals surface area contributed by atoms with Crippen molar-refractivity contribution in [3.8, 4) is 5.75 Å². The van der Waals surface area contributed by atoms with E-state index in [1.807, 2.05) is 37.3 Å². The van der Waals surface area contributed by atoms with Crippen molar-refractivity contribution in [2.24, 2.45) is 0 Å². The van der Waals surface area contributed by atoms with E-state index in [-0.39, 0.29) is 17.3 Å². The van der Waals surface area contributed by atoms with Crippen LogP contribution in [0.5, 0.6) is 5.75 Å². The number of aryl methyl sites for hydroxylation is 1. The summed E-state index contributed by atoms with van der Waals surface area (Å²) in [7, 11) is -3.85. The summed E-state index contributed by atoms with van der Waals surface area (Å²) in [5, 5.41) is 2.87. The Kier molecular flexibility index (Phi) is 5.95.